The molecular formula is C26H29O3P. The standard InChI is InChI=1S/C26H29O3P/c1-21(2)26(27)25(18-19-29-20-22-12-6-3-7-13-22)30(28,23-14-8-4-9-15-23)24-16-10-5-11-17-24/h3-17,25-27H,1,18-20H2,2H3/t25-,26+/m0/s1. The molecule has 3 nitrogen and oxygen atoms in total. The third-order valence-electron chi connectivity index (χ3n) is 5.29. The van der Waals surface area contributed by atoms with Gasteiger partial charge in [-0.3, -0.25) is 0 Å². The summed E-state index contributed by atoms with van der Waals surface area (Å²) in [5, 5.41) is 12.5. The van der Waals surface area contributed by atoms with Crippen LogP contribution in [-0.2, 0) is 15.9 Å². The van der Waals surface area contributed by atoms with Gasteiger partial charge in [0.15, 0.2) is 0 Å². The summed E-state index contributed by atoms with van der Waals surface area (Å²) in [7, 11) is -3.15. The van der Waals surface area contributed by atoms with Gasteiger partial charge < -0.3 is 14.4 Å². The molecular weight excluding hydrogens is 391 g/mol. The molecule has 0 bridgehead atoms. The molecule has 3 aromatic carbocycles. The molecule has 3 aromatic rings. The quantitative estimate of drug-likeness (QED) is 0.288. The van der Waals surface area contributed by atoms with Crippen molar-refractivity contribution in [3.8, 4) is 0 Å². The van der Waals surface area contributed by atoms with Crippen molar-refractivity contribution in [1.82, 2.24) is 0 Å². The third-order valence-corrected chi connectivity index (χ3v) is 8.89. The van der Waals surface area contributed by atoms with Gasteiger partial charge in [0.1, 0.15) is 7.14 Å². The Kier molecular flexibility index (Phi) is 7.81. The van der Waals surface area contributed by atoms with Gasteiger partial charge in [0, 0.05) is 17.2 Å². The third kappa shape index (κ3) is 5.17. The minimum atomic E-state index is -3.15. The molecule has 156 valence electrons. The van der Waals surface area contributed by atoms with Crippen LogP contribution in [0.5, 0.6) is 0 Å². The van der Waals surface area contributed by atoms with Crippen molar-refractivity contribution in [1.29, 1.82) is 0 Å². The van der Waals surface area contributed by atoms with Crippen molar-refractivity contribution in [3.63, 3.8) is 0 Å². The average molecular weight is 420 g/mol. The highest BCUT2D eigenvalue weighted by molar-refractivity contribution is 7.79. The van der Waals surface area contributed by atoms with Gasteiger partial charge in [0.25, 0.3) is 0 Å². The van der Waals surface area contributed by atoms with Crippen LogP contribution in [0.3, 0.4) is 0 Å². The van der Waals surface area contributed by atoms with E-state index in [1.165, 1.54) is 0 Å². The van der Waals surface area contributed by atoms with Crippen LogP contribution in [-0.4, -0.2) is 23.5 Å². The zero-order valence-electron chi connectivity index (χ0n) is 17.4. The summed E-state index contributed by atoms with van der Waals surface area (Å²) in [5.74, 6) is 0. The molecule has 0 saturated carbocycles. The van der Waals surface area contributed by atoms with E-state index < -0.39 is 18.9 Å². The van der Waals surface area contributed by atoms with E-state index >= 15 is 0 Å². The van der Waals surface area contributed by atoms with Gasteiger partial charge in [0.05, 0.1) is 18.4 Å². The Balaban J connectivity index is 1.90. The smallest absolute Gasteiger partial charge is 0.149 e. The molecule has 4 heteroatoms. The van der Waals surface area contributed by atoms with Crippen LogP contribution in [0.1, 0.15) is 18.9 Å². The Morgan fingerprint density at radius 1 is 0.900 bits per heavy atom. The summed E-state index contributed by atoms with van der Waals surface area (Å²) in [6.07, 6.45) is -0.432. The highest BCUT2D eigenvalue weighted by atomic mass is 31.2. The molecule has 0 aliphatic carbocycles. The largest absolute Gasteiger partial charge is 0.388 e. The molecule has 0 amide bonds. The van der Waals surface area contributed by atoms with Crippen LogP contribution >= 0.6 is 7.14 Å². The Morgan fingerprint density at radius 2 is 1.37 bits per heavy atom. The summed E-state index contributed by atoms with van der Waals surface area (Å²) in [6, 6.07) is 28.9. The van der Waals surface area contributed by atoms with E-state index in [2.05, 4.69) is 6.58 Å². The zero-order chi connectivity index (χ0) is 21.4. The summed E-state index contributed by atoms with van der Waals surface area (Å²) >= 11 is 0. The molecule has 0 aromatic heterocycles. The summed E-state index contributed by atoms with van der Waals surface area (Å²) in [4.78, 5) is 0. The second-order valence-electron chi connectivity index (χ2n) is 7.51. The first-order chi connectivity index (χ1) is 14.5. The summed E-state index contributed by atoms with van der Waals surface area (Å²) < 4.78 is 20.6. The molecule has 0 radical (unpaired) electrons. The van der Waals surface area contributed by atoms with E-state index in [9.17, 15) is 9.67 Å². The minimum absolute atomic E-state index is 0.396. The van der Waals surface area contributed by atoms with E-state index in [1.54, 1.807) is 6.92 Å². The number of aliphatic hydroxyl groups is 1. The molecule has 0 unspecified atom stereocenters. The van der Waals surface area contributed by atoms with Gasteiger partial charge in [-0.05, 0) is 18.9 Å². The number of rotatable bonds is 10. The molecule has 0 heterocycles. The van der Waals surface area contributed by atoms with Crippen LogP contribution < -0.4 is 10.6 Å². The van der Waals surface area contributed by atoms with Crippen molar-refractivity contribution in [3.05, 3.63) is 109 Å². The van der Waals surface area contributed by atoms with Crippen LogP contribution in [0, 0.1) is 0 Å². The van der Waals surface area contributed by atoms with Crippen molar-refractivity contribution in [2.75, 3.05) is 6.61 Å². The Bertz CT molecular complexity index is 927. The predicted molar refractivity (Wildman–Crippen MR) is 125 cm³/mol. The minimum Gasteiger partial charge on any atom is -0.388 e. The second kappa shape index (κ2) is 10.5. The fourth-order valence-corrected chi connectivity index (χ4v) is 7.08. The van der Waals surface area contributed by atoms with E-state index in [4.69, 9.17) is 4.74 Å². The molecule has 0 aliphatic heterocycles. The lowest BCUT2D eigenvalue weighted by Gasteiger charge is -2.32. The van der Waals surface area contributed by atoms with Crippen LogP contribution in [0.25, 0.3) is 0 Å². The molecule has 3 rings (SSSR count). The van der Waals surface area contributed by atoms with Crippen LogP contribution in [0.2, 0.25) is 0 Å². The number of aliphatic hydroxyl groups excluding tert-OH is 1. The van der Waals surface area contributed by atoms with Gasteiger partial charge in [0.2, 0.25) is 0 Å². The van der Waals surface area contributed by atoms with Gasteiger partial charge in [-0.15, -0.1) is 0 Å². The number of hydrogen-bond donors (Lipinski definition) is 1. The molecule has 30 heavy (non-hydrogen) atoms. The Morgan fingerprint density at radius 3 is 1.83 bits per heavy atom. The lowest BCUT2D eigenvalue weighted by atomic mass is 10.1. The summed E-state index contributed by atoms with van der Waals surface area (Å²) in [6.45, 7) is 6.60. The van der Waals surface area contributed by atoms with Gasteiger partial charge in [-0.1, -0.05) is 103 Å². The van der Waals surface area contributed by atoms with Crippen molar-refractivity contribution < 1.29 is 14.4 Å². The van der Waals surface area contributed by atoms with Crippen LogP contribution in [0.4, 0.5) is 0 Å². The summed E-state index contributed by atoms with van der Waals surface area (Å²) in [5.41, 5.74) is 1.18. The Labute approximate surface area is 179 Å². The number of ether oxygens (including phenoxy) is 1. The van der Waals surface area contributed by atoms with Gasteiger partial charge >= 0.3 is 0 Å². The average Bonchev–Trinajstić information content (AvgIpc) is 2.80. The van der Waals surface area contributed by atoms with E-state index in [0.717, 1.165) is 16.2 Å². The number of benzene rings is 3. The molecule has 1 N–H and O–H groups in total. The molecule has 0 saturated heterocycles. The van der Waals surface area contributed by atoms with E-state index in [1.807, 2.05) is 91.0 Å². The Hall–Kier alpha value is -2.45. The van der Waals surface area contributed by atoms with Crippen molar-refractivity contribution in [2.24, 2.45) is 0 Å². The fourth-order valence-electron chi connectivity index (χ4n) is 3.67. The number of hydrogen-bond acceptors (Lipinski definition) is 3. The van der Waals surface area contributed by atoms with E-state index in [-0.39, 0.29) is 0 Å². The normalized spacial score (nSPS) is 13.5. The molecule has 0 spiro atoms. The second-order valence-corrected chi connectivity index (χ2v) is 10.5. The maximum atomic E-state index is 14.7. The fraction of sp³-hybridized carbons (Fsp3) is 0.231. The van der Waals surface area contributed by atoms with Crippen molar-refractivity contribution >= 4 is 17.8 Å². The van der Waals surface area contributed by atoms with Crippen LogP contribution in [0.15, 0.2) is 103 Å². The highest BCUT2D eigenvalue weighted by Gasteiger charge is 2.40. The van der Waals surface area contributed by atoms with E-state index in [0.29, 0.717) is 25.2 Å². The first kappa shape index (κ1) is 22.2. The highest BCUT2D eigenvalue weighted by Crippen LogP contribution is 2.52. The first-order valence-electron chi connectivity index (χ1n) is 10.2. The maximum absolute atomic E-state index is 14.7. The topological polar surface area (TPSA) is 46.5 Å². The van der Waals surface area contributed by atoms with Gasteiger partial charge in [-0.25, -0.2) is 0 Å². The lowest BCUT2D eigenvalue weighted by molar-refractivity contribution is 0.106. The zero-order valence-corrected chi connectivity index (χ0v) is 18.2. The molecule has 0 aliphatic rings. The first-order valence-corrected chi connectivity index (χ1v) is 12.0. The SMILES string of the molecule is C=C(C)[C@@H](O)[C@H](CCOCc1ccccc1)P(=O)(c1ccccc1)c1ccccc1. The lowest BCUT2D eigenvalue weighted by Crippen LogP contribution is -2.36. The maximum Gasteiger partial charge on any atom is 0.149 e. The van der Waals surface area contributed by atoms with Crippen molar-refractivity contribution in [2.45, 2.75) is 31.7 Å². The monoisotopic (exact) mass is 420 g/mol. The molecule has 2 atom stereocenters. The molecule has 0 fully saturated rings. The van der Waals surface area contributed by atoms with Gasteiger partial charge in [-0.2, -0.15) is 0 Å². The predicted octanol–water partition coefficient (Wildman–Crippen LogP) is 4.91.